The van der Waals surface area contributed by atoms with Gasteiger partial charge in [-0.05, 0) is 0 Å². The first kappa shape index (κ1) is 11.5. The molecule has 1 heterocycles. The monoisotopic (exact) mass is 225 g/mol. The van der Waals surface area contributed by atoms with E-state index in [1.807, 2.05) is 0 Å². The van der Waals surface area contributed by atoms with Gasteiger partial charge in [0.05, 0.1) is 6.54 Å². The Kier molecular flexibility index (Phi) is 2.69. The van der Waals surface area contributed by atoms with Crippen molar-refractivity contribution in [2.75, 3.05) is 13.1 Å². The Morgan fingerprint density at radius 3 is 2.27 bits per heavy atom. The number of halogens is 3. The van der Waals surface area contributed by atoms with Gasteiger partial charge in [0.1, 0.15) is 5.92 Å². The van der Waals surface area contributed by atoms with Crippen LogP contribution in [0.3, 0.4) is 0 Å². The molecular weight excluding hydrogens is 219 g/mol. The van der Waals surface area contributed by atoms with E-state index in [1.165, 1.54) is 0 Å². The van der Waals surface area contributed by atoms with Crippen molar-refractivity contribution in [1.29, 1.82) is 0 Å². The Bertz CT molecular complexity index is 325. The maximum absolute atomic E-state index is 11.9. The number of alkyl halides is 3. The summed E-state index contributed by atoms with van der Waals surface area (Å²) in [5.41, 5.74) is 0. The first-order chi connectivity index (χ1) is 6.73. The molecule has 0 unspecified atom stereocenters. The summed E-state index contributed by atoms with van der Waals surface area (Å²) in [4.78, 5) is 32.5. The number of nitrogens with zero attached hydrogens (tertiary/aromatic N) is 1. The zero-order chi connectivity index (χ0) is 11.8. The van der Waals surface area contributed by atoms with Crippen LogP contribution < -0.4 is 0 Å². The highest BCUT2D eigenvalue weighted by Crippen LogP contribution is 2.25. The molecule has 0 aromatic heterocycles. The number of rotatable bonds is 1. The van der Waals surface area contributed by atoms with Gasteiger partial charge in [0.25, 0.3) is 0 Å². The molecule has 1 N–H and O–H groups in total. The van der Waals surface area contributed by atoms with Crippen molar-refractivity contribution in [2.24, 2.45) is 5.92 Å². The van der Waals surface area contributed by atoms with E-state index in [-0.39, 0.29) is 0 Å². The van der Waals surface area contributed by atoms with Crippen LogP contribution in [0.25, 0.3) is 0 Å². The van der Waals surface area contributed by atoms with Crippen molar-refractivity contribution in [2.45, 2.75) is 6.18 Å². The van der Waals surface area contributed by atoms with E-state index in [4.69, 9.17) is 5.11 Å². The predicted octanol–water partition coefficient (Wildman–Crippen LogP) is 0.297. The molecule has 0 saturated carbocycles. The maximum Gasteiger partial charge on any atom is 0.450 e. The van der Waals surface area contributed by atoms with E-state index in [1.54, 1.807) is 0 Å². The van der Waals surface area contributed by atoms with Gasteiger partial charge < -0.3 is 5.11 Å². The Hall–Kier alpha value is -1.60. The minimum Gasteiger partial charge on any atom is -0.465 e. The van der Waals surface area contributed by atoms with Crippen molar-refractivity contribution in [3.05, 3.63) is 0 Å². The minimum atomic E-state index is -5.10. The number of hydrogen-bond acceptors (Lipinski definition) is 3. The Labute approximate surface area is 81.5 Å². The molecule has 1 fully saturated rings. The fraction of sp³-hybridized carbons (Fsp3) is 0.571. The van der Waals surface area contributed by atoms with Gasteiger partial charge in [-0.3, -0.25) is 14.5 Å². The third kappa shape index (κ3) is 2.25. The highest BCUT2D eigenvalue weighted by Gasteiger charge is 2.49. The molecule has 1 saturated heterocycles. The van der Waals surface area contributed by atoms with Gasteiger partial charge in [0.2, 0.25) is 5.78 Å². The van der Waals surface area contributed by atoms with Gasteiger partial charge >= 0.3 is 12.3 Å². The number of likely N-dealkylation sites (tertiary alicyclic amines) is 1. The number of carboxylic acid groups (broad SMARTS) is 1. The number of carbonyl (C=O) groups is 3. The molecule has 84 valence electrons. The largest absolute Gasteiger partial charge is 0.465 e. The zero-order valence-corrected chi connectivity index (χ0v) is 7.24. The quantitative estimate of drug-likeness (QED) is 0.651. The normalized spacial score (nSPS) is 21.9. The number of carbonyl (C=O) groups excluding carboxylic acids is 2. The summed E-state index contributed by atoms with van der Waals surface area (Å²) in [5.74, 6) is -5.10. The van der Waals surface area contributed by atoms with Crippen molar-refractivity contribution >= 4 is 17.7 Å². The fourth-order valence-corrected chi connectivity index (χ4v) is 1.26. The van der Waals surface area contributed by atoms with Crippen LogP contribution in [0.5, 0.6) is 0 Å². The molecule has 0 radical (unpaired) electrons. The first-order valence-electron chi connectivity index (χ1n) is 3.85. The summed E-state index contributed by atoms with van der Waals surface area (Å²) in [6.45, 7) is -1.38. The molecule has 1 amide bonds. The van der Waals surface area contributed by atoms with Crippen LogP contribution in [0.2, 0.25) is 0 Å². The Morgan fingerprint density at radius 2 is 1.93 bits per heavy atom. The number of hydrogen-bond donors (Lipinski definition) is 1. The van der Waals surface area contributed by atoms with Crippen LogP contribution in [0.15, 0.2) is 0 Å². The van der Waals surface area contributed by atoms with E-state index >= 15 is 0 Å². The second kappa shape index (κ2) is 3.52. The topological polar surface area (TPSA) is 74.7 Å². The Morgan fingerprint density at radius 1 is 1.40 bits per heavy atom. The molecule has 1 aliphatic rings. The van der Waals surface area contributed by atoms with Crippen molar-refractivity contribution in [3.8, 4) is 0 Å². The van der Waals surface area contributed by atoms with Crippen LogP contribution in [-0.4, -0.2) is 46.9 Å². The van der Waals surface area contributed by atoms with E-state index in [0.717, 1.165) is 0 Å². The van der Waals surface area contributed by atoms with Crippen LogP contribution in [-0.2, 0) is 9.59 Å². The summed E-state index contributed by atoms with van der Waals surface area (Å²) in [5, 5.41) is 8.41. The summed E-state index contributed by atoms with van der Waals surface area (Å²) in [6.07, 6.45) is -6.62. The summed E-state index contributed by atoms with van der Waals surface area (Å²) >= 11 is 0. The molecule has 8 heteroatoms. The molecule has 1 aliphatic heterocycles. The maximum atomic E-state index is 11.9. The highest BCUT2D eigenvalue weighted by atomic mass is 19.4. The minimum absolute atomic E-state index is 0.483. The van der Waals surface area contributed by atoms with Gasteiger partial charge in [-0.25, -0.2) is 4.79 Å². The van der Waals surface area contributed by atoms with Gasteiger partial charge in [-0.1, -0.05) is 0 Å². The van der Waals surface area contributed by atoms with Crippen molar-refractivity contribution in [3.63, 3.8) is 0 Å². The van der Waals surface area contributed by atoms with Crippen LogP contribution in [0, 0.1) is 5.92 Å². The molecule has 0 spiro atoms. The number of ketones is 2. The molecule has 15 heavy (non-hydrogen) atoms. The molecule has 0 bridgehead atoms. The third-order valence-corrected chi connectivity index (χ3v) is 2.00. The lowest BCUT2D eigenvalue weighted by Gasteiger charge is -2.11. The summed E-state index contributed by atoms with van der Waals surface area (Å²) in [6, 6.07) is 0. The third-order valence-electron chi connectivity index (χ3n) is 2.00. The average Bonchev–Trinajstić information content (AvgIpc) is 2.44. The number of amides is 1. The lowest BCUT2D eigenvalue weighted by molar-refractivity contribution is -0.175. The SMILES string of the molecule is O=C1CN(C(=O)O)C[C@@H]1C(=O)C(F)(F)F. The van der Waals surface area contributed by atoms with Gasteiger partial charge in [0, 0.05) is 6.54 Å². The molecule has 0 aliphatic carbocycles. The molecule has 1 rings (SSSR count). The van der Waals surface area contributed by atoms with Crippen LogP contribution in [0.1, 0.15) is 0 Å². The summed E-state index contributed by atoms with van der Waals surface area (Å²) in [7, 11) is 0. The average molecular weight is 225 g/mol. The van der Waals surface area contributed by atoms with Crippen LogP contribution in [0.4, 0.5) is 18.0 Å². The van der Waals surface area contributed by atoms with Crippen molar-refractivity contribution < 1.29 is 32.7 Å². The molecule has 0 aromatic carbocycles. The molecule has 5 nitrogen and oxygen atoms in total. The molecule has 0 aromatic rings. The van der Waals surface area contributed by atoms with E-state index in [0.29, 0.717) is 4.90 Å². The standard InChI is InChI=1S/C7H6F3NO4/c8-7(9,10)5(13)3-1-11(6(14)15)2-4(3)12/h3H,1-2H2,(H,14,15)/t3-/m0/s1. The highest BCUT2D eigenvalue weighted by molar-refractivity contribution is 6.08. The molecular formula is C7H6F3NO4. The van der Waals surface area contributed by atoms with Crippen molar-refractivity contribution in [1.82, 2.24) is 4.90 Å². The lowest BCUT2D eigenvalue weighted by atomic mass is 10.0. The second-order valence-electron chi connectivity index (χ2n) is 3.04. The van der Waals surface area contributed by atoms with E-state index in [2.05, 4.69) is 0 Å². The van der Waals surface area contributed by atoms with Gasteiger partial charge in [-0.15, -0.1) is 0 Å². The van der Waals surface area contributed by atoms with E-state index < -0.39 is 42.8 Å². The Balaban J connectivity index is 2.78. The molecule has 1 atom stereocenters. The summed E-state index contributed by atoms with van der Waals surface area (Å²) < 4.78 is 35.8. The number of Topliss-reactive ketones (excluding diaryl/α,β-unsaturated/α-hetero) is 2. The smallest absolute Gasteiger partial charge is 0.450 e. The lowest BCUT2D eigenvalue weighted by Crippen LogP contribution is -2.35. The van der Waals surface area contributed by atoms with E-state index in [9.17, 15) is 27.6 Å². The fourth-order valence-electron chi connectivity index (χ4n) is 1.26. The predicted molar refractivity (Wildman–Crippen MR) is 39.2 cm³/mol. The first-order valence-corrected chi connectivity index (χ1v) is 3.85. The van der Waals surface area contributed by atoms with Crippen LogP contribution >= 0.6 is 0 Å². The second-order valence-corrected chi connectivity index (χ2v) is 3.04. The van der Waals surface area contributed by atoms with Gasteiger partial charge in [-0.2, -0.15) is 13.2 Å². The zero-order valence-electron chi connectivity index (χ0n) is 7.24. The van der Waals surface area contributed by atoms with Gasteiger partial charge in [0.15, 0.2) is 5.78 Å².